The molecule has 0 spiro atoms. The molecule has 0 aliphatic heterocycles. The highest BCUT2D eigenvalue weighted by Gasteiger charge is 2.19. The number of nitrogens with two attached hydrogens (primary N) is 1. The second-order valence-corrected chi connectivity index (χ2v) is 9.76. The Kier molecular flexibility index (Phi) is 5.33. The molecule has 3 rings (SSSR count). The molecule has 156 valence electrons. The second kappa shape index (κ2) is 7.48. The molecule has 0 bridgehead atoms. The van der Waals surface area contributed by atoms with Crippen molar-refractivity contribution in [2.24, 2.45) is 10.2 Å². The van der Waals surface area contributed by atoms with E-state index in [-0.39, 0.29) is 38.3 Å². The number of rotatable bonds is 5. The van der Waals surface area contributed by atoms with Gasteiger partial charge in [0, 0.05) is 17.3 Å². The van der Waals surface area contributed by atoms with Crippen LogP contribution in [0.25, 0.3) is 10.8 Å². The summed E-state index contributed by atoms with van der Waals surface area (Å²) in [5.41, 5.74) is 5.97. The Labute approximate surface area is 171 Å². The Hall–Kier alpha value is -3.35. The molecule has 0 fully saturated rings. The van der Waals surface area contributed by atoms with E-state index in [4.69, 9.17) is 10.8 Å². The number of nitrogen functional groups attached to an aromatic ring is 1. The summed E-state index contributed by atoms with van der Waals surface area (Å²) in [4.78, 5) is 10.3. The Morgan fingerprint density at radius 3 is 2.10 bits per heavy atom. The molecule has 0 radical (unpaired) electrons. The Morgan fingerprint density at radius 1 is 0.933 bits per heavy atom. The first-order valence-electron chi connectivity index (χ1n) is 8.16. The third-order valence-electron chi connectivity index (χ3n) is 4.12. The van der Waals surface area contributed by atoms with Crippen LogP contribution < -0.4 is 5.73 Å². The van der Waals surface area contributed by atoms with Crippen LogP contribution in [0.4, 0.5) is 17.1 Å². The molecular formula is C18H15N3O7S2. The molecular weight excluding hydrogens is 434 g/mol. The average Bonchev–Trinajstić information content (AvgIpc) is 2.64. The first-order valence-corrected chi connectivity index (χ1v) is 11.5. The number of anilines is 1. The number of nitrogens with zero attached hydrogens (tertiary/aromatic N) is 2. The number of aromatic carboxylic acids is 1. The average molecular weight is 449 g/mol. The summed E-state index contributed by atoms with van der Waals surface area (Å²) in [6.07, 6.45) is 0.908. The van der Waals surface area contributed by atoms with Crippen LogP contribution in [-0.4, -0.2) is 38.7 Å². The molecule has 0 atom stereocenters. The van der Waals surface area contributed by atoms with E-state index in [1.165, 1.54) is 36.4 Å². The molecule has 0 amide bonds. The Bertz CT molecular complexity index is 1430. The maximum Gasteiger partial charge on any atom is 0.337 e. The fraction of sp³-hybridized carbons (Fsp3) is 0.0556. The van der Waals surface area contributed by atoms with Gasteiger partial charge >= 0.3 is 5.97 Å². The van der Waals surface area contributed by atoms with Crippen molar-refractivity contribution in [1.82, 2.24) is 0 Å². The number of fused-ring (bicyclic) bond motifs is 1. The third kappa shape index (κ3) is 4.45. The molecule has 4 N–H and O–H groups in total. The van der Waals surface area contributed by atoms with Gasteiger partial charge in [0.1, 0.15) is 0 Å². The van der Waals surface area contributed by atoms with E-state index in [2.05, 4.69) is 10.2 Å². The van der Waals surface area contributed by atoms with Crippen LogP contribution in [0.2, 0.25) is 0 Å². The monoisotopic (exact) mass is 449 g/mol. The van der Waals surface area contributed by atoms with Gasteiger partial charge in [-0.3, -0.25) is 4.55 Å². The summed E-state index contributed by atoms with van der Waals surface area (Å²) < 4.78 is 56.5. The lowest BCUT2D eigenvalue weighted by molar-refractivity contribution is 0.0698. The van der Waals surface area contributed by atoms with E-state index >= 15 is 0 Å². The number of hydrogen-bond acceptors (Lipinski definition) is 8. The molecule has 0 aliphatic carbocycles. The van der Waals surface area contributed by atoms with Crippen LogP contribution in [0.5, 0.6) is 0 Å². The number of azo groups is 1. The van der Waals surface area contributed by atoms with Crippen LogP contribution in [0, 0.1) is 0 Å². The van der Waals surface area contributed by atoms with E-state index in [1.54, 1.807) is 0 Å². The van der Waals surface area contributed by atoms with Crippen molar-refractivity contribution < 1.29 is 31.3 Å². The fourth-order valence-electron chi connectivity index (χ4n) is 2.71. The van der Waals surface area contributed by atoms with Gasteiger partial charge < -0.3 is 10.8 Å². The van der Waals surface area contributed by atoms with Crippen molar-refractivity contribution in [3.05, 3.63) is 54.1 Å². The zero-order valence-electron chi connectivity index (χ0n) is 15.3. The minimum Gasteiger partial charge on any atom is -0.478 e. The van der Waals surface area contributed by atoms with Gasteiger partial charge in [-0.1, -0.05) is 6.07 Å². The maximum absolute atomic E-state index is 12.2. The summed E-state index contributed by atoms with van der Waals surface area (Å²) in [7, 11) is -8.46. The van der Waals surface area contributed by atoms with E-state index in [9.17, 15) is 26.2 Å². The second-order valence-electron chi connectivity index (χ2n) is 6.35. The van der Waals surface area contributed by atoms with E-state index in [0.29, 0.717) is 0 Å². The zero-order valence-corrected chi connectivity index (χ0v) is 17.0. The summed E-state index contributed by atoms with van der Waals surface area (Å²) in [6, 6.07) is 10.4. The molecule has 0 saturated carbocycles. The fourth-order valence-corrected chi connectivity index (χ4v) is 4.25. The van der Waals surface area contributed by atoms with Gasteiger partial charge in [-0.05, 0) is 47.9 Å². The van der Waals surface area contributed by atoms with Gasteiger partial charge in [-0.2, -0.15) is 18.6 Å². The molecule has 0 aliphatic rings. The topological polar surface area (TPSA) is 177 Å². The van der Waals surface area contributed by atoms with Crippen LogP contribution in [-0.2, 0) is 20.0 Å². The highest BCUT2D eigenvalue weighted by molar-refractivity contribution is 7.91. The normalized spacial score (nSPS) is 12.5. The minimum atomic E-state index is -4.61. The summed E-state index contributed by atoms with van der Waals surface area (Å²) in [5, 5.41) is 17.5. The van der Waals surface area contributed by atoms with Crippen molar-refractivity contribution >= 4 is 53.8 Å². The molecule has 30 heavy (non-hydrogen) atoms. The van der Waals surface area contributed by atoms with Crippen LogP contribution in [0.1, 0.15) is 10.4 Å². The molecule has 0 unspecified atom stereocenters. The summed E-state index contributed by atoms with van der Waals surface area (Å²) in [6.45, 7) is 0. The number of carboxylic acids is 1. The highest BCUT2D eigenvalue weighted by atomic mass is 32.2. The molecule has 0 saturated heterocycles. The predicted molar refractivity (Wildman–Crippen MR) is 109 cm³/mol. The SMILES string of the molecule is CS(=O)(=O)c1cc(S(=O)(=O)O)cc2ccc(N=Nc3ccc(N)c(C(=O)O)c3)cc12. The molecule has 3 aromatic carbocycles. The largest absolute Gasteiger partial charge is 0.478 e. The summed E-state index contributed by atoms with van der Waals surface area (Å²) in [5.74, 6) is -1.22. The first-order chi connectivity index (χ1) is 13.9. The Balaban J connectivity index is 2.12. The number of sulfone groups is 1. The molecule has 10 nitrogen and oxygen atoms in total. The van der Waals surface area contributed by atoms with E-state index in [0.717, 1.165) is 18.4 Å². The minimum absolute atomic E-state index is 0.0691. The number of carboxylic acid groups (broad SMARTS) is 1. The number of hydrogen-bond donors (Lipinski definition) is 3. The van der Waals surface area contributed by atoms with Crippen LogP contribution in [0.15, 0.2) is 68.6 Å². The predicted octanol–water partition coefficient (Wildman–Crippen LogP) is 3.19. The van der Waals surface area contributed by atoms with Crippen molar-refractivity contribution in [3.63, 3.8) is 0 Å². The van der Waals surface area contributed by atoms with Gasteiger partial charge in [-0.15, -0.1) is 0 Å². The lowest BCUT2D eigenvalue weighted by atomic mass is 10.1. The number of carbonyl (C=O) groups is 1. The molecule has 0 heterocycles. The van der Waals surface area contributed by atoms with Crippen molar-refractivity contribution in [1.29, 1.82) is 0 Å². The zero-order chi connectivity index (χ0) is 22.3. The van der Waals surface area contributed by atoms with Gasteiger partial charge in [-0.25, -0.2) is 13.2 Å². The third-order valence-corrected chi connectivity index (χ3v) is 6.09. The van der Waals surface area contributed by atoms with Gasteiger partial charge in [0.05, 0.1) is 26.7 Å². The van der Waals surface area contributed by atoms with E-state index in [1.807, 2.05) is 0 Å². The van der Waals surface area contributed by atoms with Crippen molar-refractivity contribution in [2.45, 2.75) is 9.79 Å². The lowest BCUT2D eigenvalue weighted by Gasteiger charge is -2.08. The van der Waals surface area contributed by atoms with E-state index < -0.39 is 30.8 Å². The quantitative estimate of drug-likeness (QED) is 0.302. The standard InChI is InChI=1S/C18H15N3O7S2/c1-29(24,25)17-9-13(30(26,27)28)6-10-2-3-11(7-14(10)17)20-21-12-4-5-16(19)15(8-12)18(22)23/h2-9H,19H2,1H3,(H,22,23)(H,26,27,28). The number of benzene rings is 3. The summed E-state index contributed by atoms with van der Waals surface area (Å²) >= 11 is 0. The van der Waals surface area contributed by atoms with Crippen molar-refractivity contribution in [3.8, 4) is 0 Å². The molecule has 0 aromatic heterocycles. The highest BCUT2D eigenvalue weighted by Crippen LogP contribution is 2.31. The van der Waals surface area contributed by atoms with Gasteiger partial charge in [0.25, 0.3) is 10.1 Å². The van der Waals surface area contributed by atoms with Crippen molar-refractivity contribution in [2.75, 3.05) is 12.0 Å². The van der Waals surface area contributed by atoms with Crippen LogP contribution >= 0.6 is 0 Å². The lowest BCUT2D eigenvalue weighted by Crippen LogP contribution is -2.03. The maximum atomic E-state index is 12.2. The molecule has 12 heteroatoms. The molecule has 3 aromatic rings. The van der Waals surface area contributed by atoms with Gasteiger partial charge in [0.2, 0.25) is 0 Å². The first kappa shape index (κ1) is 21.4. The smallest absolute Gasteiger partial charge is 0.337 e. The van der Waals surface area contributed by atoms with Gasteiger partial charge in [0.15, 0.2) is 9.84 Å². The van der Waals surface area contributed by atoms with Crippen LogP contribution in [0.3, 0.4) is 0 Å². The Morgan fingerprint density at radius 2 is 1.53 bits per heavy atom.